The molecule has 2 rings (SSSR count). The molecule has 5 heteroatoms. The smallest absolute Gasteiger partial charge is 0.248 e. The van der Waals surface area contributed by atoms with Gasteiger partial charge in [0.1, 0.15) is 6.61 Å². The fourth-order valence-corrected chi connectivity index (χ4v) is 2.48. The molecule has 1 amide bonds. The Labute approximate surface area is 118 Å². The number of piperazine rings is 1. The average Bonchev–Trinajstić information content (AvgIpc) is 2.40. The van der Waals surface area contributed by atoms with Crippen molar-refractivity contribution in [2.75, 3.05) is 39.9 Å². The van der Waals surface area contributed by atoms with E-state index in [0.717, 1.165) is 37.7 Å². The fraction of sp³-hybridized carbons (Fsp3) is 0.500. The van der Waals surface area contributed by atoms with Gasteiger partial charge in [-0.25, -0.2) is 0 Å². The summed E-state index contributed by atoms with van der Waals surface area (Å²) in [6.07, 6.45) is 0. The molecule has 0 aliphatic carbocycles. The molecule has 19 heavy (non-hydrogen) atoms. The Morgan fingerprint density at radius 3 is 2.68 bits per heavy atom. The molecular formula is C14H19ClN2O2. The second-order valence-electron chi connectivity index (χ2n) is 4.72. The molecule has 0 aromatic heterocycles. The number of halogens is 1. The summed E-state index contributed by atoms with van der Waals surface area (Å²) >= 11 is 5.98. The predicted octanol–water partition coefficient (Wildman–Crippen LogP) is 1.63. The number of hydrogen-bond donors (Lipinski definition) is 0. The van der Waals surface area contributed by atoms with Gasteiger partial charge in [-0.15, -0.1) is 0 Å². The van der Waals surface area contributed by atoms with Gasteiger partial charge in [0.15, 0.2) is 0 Å². The van der Waals surface area contributed by atoms with Gasteiger partial charge in [0.05, 0.1) is 0 Å². The van der Waals surface area contributed by atoms with E-state index in [-0.39, 0.29) is 12.5 Å². The molecule has 4 nitrogen and oxygen atoms in total. The van der Waals surface area contributed by atoms with Gasteiger partial charge in [-0.05, 0) is 17.7 Å². The van der Waals surface area contributed by atoms with Crippen molar-refractivity contribution in [2.24, 2.45) is 0 Å². The molecule has 1 aliphatic heterocycles. The Hall–Kier alpha value is -1.10. The SMILES string of the molecule is COCC(=O)N1CCN(Cc2cccc(Cl)c2)CC1. The molecule has 0 bridgehead atoms. The van der Waals surface area contributed by atoms with E-state index in [2.05, 4.69) is 11.0 Å². The van der Waals surface area contributed by atoms with Gasteiger partial charge in [-0.2, -0.15) is 0 Å². The molecule has 0 unspecified atom stereocenters. The van der Waals surface area contributed by atoms with Crippen LogP contribution in [0.1, 0.15) is 5.56 Å². The number of nitrogens with zero attached hydrogens (tertiary/aromatic N) is 2. The minimum atomic E-state index is 0.0740. The van der Waals surface area contributed by atoms with E-state index >= 15 is 0 Å². The normalized spacial score (nSPS) is 16.6. The van der Waals surface area contributed by atoms with E-state index in [4.69, 9.17) is 16.3 Å². The average molecular weight is 283 g/mol. The minimum Gasteiger partial charge on any atom is -0.375 e. The van der Waals surface area contributed by atoms with E-state index in [1.165, 1.54) is 5.56 Å². The van der Waals surface area contributed by atoms with Crippen molar-refractivity contribution in [3.05, 3.63) is 34.9 Å². The summed E-state index contributed by atoms with van der Waals surface area (Å²) in [7, 11) is 1.55. The van der Waals surface area contributed by atoms with E-state index in [9.17, 15) is 4.79 Å². The van der Waals surface area contributed by atoms with E-state index in [1.807, 2.05) is 23.1 Å². The molecule has 1 heterocycles. The van der Waals surface area contributed by atoms with Crippen LogP contribution in [0, 0.1) is 0 Å². The van der Waals surface area contributed by atoms with E-state index in [0.29, 0.717) is 0 Å². The van der Waals surface area contributed by atoms with Gasteiger partial charge in [0.2, 0.25) is 5.91 Å². The molecule has 0 N–H and O–H groups in total. The van der Waals surface area contributed by atoms with Crippen LogP contribution >= 0.6 is 11.6 Å². The first kappa shape index (κ1) is 14.3. The molecule has 0 saturated carbocycles. The highest BCUT2D eigenvalue weighted by Gasteiger charge is 2.20. The lowest BCUT2D eigenvalue weighted by atomic mass is 10.2. The molecule has 1 aromatic carbocycles. The number of ether oxygens (including phenoxy) is 1. The molecule has 1 fully saturated rings. The van der Waals surface area contributed by atoms with Gasteiger partial charge < -0.3 is 9.64 Å². The largest absolute Gasteiger partial charge is 0.375 e. The van der Waals surface area contributed by atoms with Crippen LogP contribution in [0.4, 0.5) is 0 Å². The molecule has 1 aliphatic rings. The Balaban J connectivity index is 1.82. The third-order valence-electron chi connectivity index (χ3n) is 3.29. The second kappa shape index (κ2) is 6.89. The van der Waals surface area contributed by atoms with Crippen LogP contribution in [-0.2, 0) is 16.1 Å². The first-order valence-electron chi connectivity index (χ1n) is 6.42. The van der Waals surface area contributed by atoms with Gasteiger partial charge in [-0.3, -0.25) is 9.69 Å². The number of carbonyl (C=O) groups is 1. The van der Waals surface area contributed by atoms with Crippen LogP contribution in [0.3, 0.4) is 0 Å². The van der Waals surface area contributed by atoms with E-state index < -0.39 is 0 Å². The van der Waals surface area contributed by atoms with Crippen LogP contribution in [0.2, 0.25) is 5.02 Å². The molecule has 1 aromatic rings. The lowest BCUT2D eigenvalue weighted by molar-refractivity contribution is -0.136. The highest BCUT2D eigenvalue weighted by molar-refractivity contribution is 6.30. The second-order valence-corrected chi connectivity index (χ2v) is 5.16. The van der Waals surface area contributed by atoms with Crippen molar-refractivity contribution < 1.29 is 9.53 Å². The molecule has 0 radical (unpaired) electrons. The Morgan fingerprint density at radius 2 is 2.05 bits per heavy atom. The lowest BCUT2D eigenvalue weighted by Gasteiger charge is -2.34. The third kappa shape index (κ3) is 4.20. The maximum atomic E-state index is 11.7. The number of benzene rings is 1. The van der Waals surface area contributed by atoms with Crippen LogP contribution in [0.25, 0.3) is 0 Å². The Morgan fingerprint density at radius 1 is 1.32 bits per heavy atom. The minimum absolute atomic E-state index is 0.0740. The van der Waals surface area contributed by atoms with E-state index in [1.54, 1.807) is 7.11 Å². The Kier molecular flexibility index (Phi) is 5.19. The maximum Gasteiger partial charge on any atom is 0.248 e. The van der Waals surface area contributed by atoms with Crippen LogP contribution < -0.4 is 0 Å². The van der Waals surface area contributed by atoms with Crippen LogP contribution in [0.15, 0.2) is 24.3 Å². The lowest BCUT2D eigenvalue weighted by Crippen LogP contribution is -2.49. The highest BCUT2D eigenvalue weighted by atomic mass is 35.5. The summed E-state index contributed by atoms with van der Waals surface area (Å²) in [5.74, 6) is 0.0740. The van der Waals surface area contributed by atoms with Gasteiger partial charge >= 0.3 is 0 Å². The summed E-state index contributed by atoms with van der Waals surface area (Å²) in [6, 6.07) is 7.92. The standard InChI is InChI=1S/C14H19ClN2O2/c1-19-11-14(18)17-7-5-16(6-8-17)10-12-3-2-4-13(15)9-12/h2-4,9H,5-8,10-11H2,1H3. The fourth-order valence-electron chi connectivity index (χ4n) is 2.26. The van der Waals surface area contributed by atoms with Crippen LogP contribution in [0.5, 0.6) is 0 Å². The number of amides is 1. The molecule has 1 saturated heterocycles. The van der Waals surface area contributed by atoms with Gasteiger partial charge in [0.25, 0.3) is 0 Å². The summed E-state index contributed by atoms with van der Waals surface area (Å²) in [5.41, 5.74) is 1.21. The topological polar surface area (TPSA) is 32.8 Å². The summed E-state index contributed by atoms with van der Waals surface area (Å²) in [5, 5.41) is 0.770. The van der Waals surface area contributed by atoms with Gasteiger partial charge in [0, 0.05) is 44.9 Å². The number of hydrogen-bond acceptors (Lipinski definition) is 3. The summed E-state index contributed by atoms with van der Waals surface area (Å²) in [6.45, 7) is 4.37. The Bertz CT molecular complexity index is 431. The summed E-state index contributed by atoms with van der Waals surface area (Å²) < 4.78 is 4.87. The van der Waals surface area contributed by atoms with Crippen LogP contribution in [-0.4, -0.2) is 55.6 Å². The number of rotatable bonds is 4. The monoisotopic (exact) mass is 282 g/mol. The summed E-state index contributed by atoms with van der Waals surface area (Å²) in [4.78, 5) is 15.9. The van der Waals surface area contributed by atoms with Crippen molar-refractivity contribution in [3.63, 3.8) is 0 Å². The first-order chi connectivity index (χ1) is 9.19. The van der Waals surface area contributed by atoms with Gasteiger partial charge in [-0.1, -0.05) is 23.7 Å². The molecule has 104 valence electrons. The maximum absolute atomic E-state index is 11.7. The first-order valence-corrected chi connectivity index (χ1v) is 6.80. The number of methoxy groups -OCH3 is 1. The zero-order valence-corrected chi connectivity index (χ0v) is 11.9. The zero-order valence-electron chi connectivity index (χ0n) is 11.1. The quantitative estimate of drug-likeness (QED) is 0.841. The third-order valence-corrected chi connectivity index (χ3v) is 3.52. The van der Waals surface area contributed by atoms with Crippen molar-refractivity contribution in [2.45, 2.75) is 6.54 Å². The highest BCUT2D eigenvalue weighted by Crippen LogP contribution is 2.14. The molecular weight excluding hydrogens is 264 g/mol. The molecule has 0 atom stereocenters. The molecule has 0 spiro atoms. The van der Waals surface area contributed by atoms with Crippen molar-refractivity contribution in [3.8, 4) is 0 Å². The number of carbonyl (C=O) groups excluding carboxylic acids is 1. The van der Waals surface area contributed by atoms with Crippen molar-refractivity contribution in [1.29, 1.82) is 0 Å². The zero-order chi connectivity index (χ0) is 13.7. The van der Waals surface area contributed by atoms with Crippen molar-refractivity contribution >= 4 is 17.5 Å². The predicted molar refractivity (Wildman–Crippen MR) is 75.2 cm³/mol. The van der Waals surface area contributed by atoms with Crippen molar-refractivity contribution in [1.82, 2.24) is 9.80 Å².